The normalized spacial score (nSPS) is 12.0. The van der Waals surface area contributed by atoms with Crippen molar-refractivity contribution >= 4 is 17.9 Å². The highest BCUT2D eigenvalue weighted by Crippen LogP contribution is 2.18. The third-order valence-corrected chi connectivity index (χ3v) is 13.5. The van der Waals surface area contributed by atoms with Crippen molar-refractivity contribution in [2.45, 2.75) is 336 Å². The highest BCUT2D eigenvalue weighted by atomic mass is 16.6. The minimum absolute atomic E-state index is 0.0631. The molecule has 0 bridgehead atoms. The van der Waals surface area contributed by atoms with Crippen molar-refractivity contribution in [3.8, 4) is 0 Å². The van der Waals surface area contributed by atoms with Crippen LogP contribution in [0.2, 0.25) is 0 Å². The molecular weight excluding hydrogens is 805 g/mol. The van der Waals surface area contributed by atoms with E-state index in [0.29, 0.717) is 19.3 Å². The topological polar surface area (TPSA) is 78.9 Å². The van der Waals surface area contributed by atoms with Crippen molar-refractivity contribution < 1.29 is 28.6 Å². The summed E-state index contributed by atoms with van der Waals surface area (Å²) in [6, 6.07) is 0. The van der Waals surface area contributed by atoms with Crippen LogP contribution >= 0.6 is 0 Å². The number of ether oxygens (including phenoxy) is 3. The zero-order valence-electron chi connectivity index (χ0n) is 44.6. The average molecular weight is 920 g/mol. The van der Waals surface area contributed by atoms with E-state index in [9.17, 15) is 14.4 Å². The summed E-state index contributed by atoms with van der Waals surface area (Å²) in [6.45, 7) is 11.4. The second kappa shape index (κ2) is 51.8. The minimum atomic E-state index is -0.763. The maximum Gasteiger partial charge on any atom is 0.306 e. The van der Waals surface area contributed by atoms with E-state index < -0.39 is 6.10 Å². The molecule has 65 heavy (non-hydrogen) atoms. The first-order valence-electron chi connectivity index (χ1n) is 29.2. The molecule has 0 unspecified atom stereocenters. The van der Waals surface area contributed by atoms with E-state index in [1.165, 1.54) is 218 Å². The van der Waals surface area contributed by atoms with Crippen LogP contribution in [0.4, 0.5) is 0 Å². The summed E-state index contributed by atoms with van der Waals surface area (Å²) in [6.07, 6.45) is 55.3. The number of hydrogen-bond donors (Lipinski definition) is 0. The second-order valence-electron chi connectivity index (χ2n) is 21.2. The van der Waals surface area contributed by atoms with Gasteiger partial charge in [-0.3, -0.25) is 14.4 Å². The van der Waals surface area contributed by atoms with E-state index in [1.807, 2.05) is 0 Å². The van der Waals surface area contributed by atoms with Crippen LogP contribution in [0.15, 0.2) is 0 Å². The van der Waals surface area contributed by atoms with Gasteiger partial charge < -0.3 is 14.2 Å². The van der Waals surface area contributed by atoms with Crippen LogP contribution in [0.3, 0.4) is 0 Å². The summed E-state index contributed by atoms with van der Waals surface area (Å²) in [5.41, 5.74) is 0. The third kappa shape index (κ3) is 53.2. The van der Waals surface area contributed by atoms with Crippen LogP contribution in [0.25, 0.3) is 0 Å². The Morgan fingerprint density at radius 2 is 0.508 bits per heavy atom. The number of carbonyl (C=O) groups excluding carboxylic acids is 3. The van der Waals surface area contributed by atoms with E-state index in [1.54, 1.807) is 0 Å². The molecule has 6 nitrogen and oxygen atoms in total. The van der Waals surface area contributed by atoms with E-state index in [0.717, 1.165) is 69.6 Å². The Bertz CT molecular complexity index is 993. The number of unbranched alkanes of at least 4 members (excludes halogenated alkanes) is 38. The Morgan fingerprint density at radius 3 is 0.754 bits per heavy atom. The molecule has 0 rings (SSSR count). The Kier molecular flexibility index (Phi) is 50.5. The molecule has 0 aliphatic heterocycles. The van der Waals surface area contributed by atoms with Gasteiger partial charge in [0, 0.05) is 19.3 Å². The first kappa shape index (κ1) is 63.4. The molecule has 0 aromatic rings. The van der Waals surface area contributed by atoms with Gasteiger partial charge in [-0.1, -0.05) is 291 Å². The molecule has 0 spiro atoms. The Hall–Kier alpha value is -1.59. The fraction of sp³-hybridized carbons (Fsp3) is 0.949. The lowest BCUT2D eigenvalue weighted by atomic mass is 10.0. The molecule has 0 N–H and O–H groups in total. The number of hydrogen-bond acceptors (Lipinski definition) is 6. The molecule has 0 aliphatic rings. The highest BCUT2D eigenvalue weighted by Gasteiger charge is 2.19. The summed E-state index contributed by atoms with van der Waals surface area (Å²) in [4.78, 5) is 38.1. The lowest BCUT2D eigenvalue weighted by molar-refractivity contribution is -0.167. The zero-order chi connectivity index (χ0) is 47.5. The van der Waals surface area contributed by atoms with Crippen LogP contribution < -0.4 is 0 Å². The van der Waals surface area contributed by atoms with Gasteiger partial charge in [0.15, 0.2) is 6.10 Å². The zero-order valence-corrected chi connectivity index (χ0v) is 44.6. The van der Waals surface area contributed by atoms with Crippen molar-refractivity contribution in [3.05, 3.63) is 0 Å². The monoisotopic (exact) mass is 919 g/mol. The predicted octanol–water partition coefficient (Wildman–Crippen LogP) is 19.3. The second-order valence-corrected chi connectivity index (χ2v) is 21.2. The molecule has 386 valence electrons. The van der Waals surface area contributed by atoms with E-state index >= 15 is 0 Å². The fourth-order valence-corrected chi connectivity index (χ4v) is 9.05. The lowest BCUT2D eigenvalue weighted by Gasteiger charge is -2.18. The van der Waals surface area contributed by atoms with Crippen LogP contribution in [0.1, 0.15) is 330 Å². The molecule has 0 aliphatic carbocycles. The molecule has 0 fully saturated rings. The Balaban J connectivity index is 4.25. The smallest absolute Gasteiger partial charge is 0.306 e. The van der Waals surface area contributed by atoms with Gasteiger partial charge in [0.25, 0.3) is 0 Å². The third-order valence-electron chi connectivity index (χ3n) is 13.5. The summed E-state index contributed by atoms with van der Waals surface area (Å²) < 4.78 is 16.9. The maximum atomic E-state index is 12.9. The van der Waals surface area contributed by atoms with Gasteiger partial charge in [-0.25, -0.2) is 0 Å². The number of rotatable bonds is 53. The van der Waals surface area contributed by atoms with Crippen LogP contribution in [-0.4, -0.2) is 37.2 Å². The molecule has 1 atom stereocenters. The minimum Gasteiger partial charge on any atom is -0.462 e. The van der Waals surface area contributed by atoms with Gasteiger partial charge in [-0.15, -0.1) is 0 Å². The molecule has 6 heteroatoms. The first-order valence-corrected chi connectivity index (χ1v) is 29.2. The summed E-state index contributed by atoms with van der Waals surface area (Å²) >= 11 is 0. The van der Waals surface area contributed by atoms with Crippen molar-refractivity contribution in [2.24, 2.45) is 11.8 Å². The molecule has 0 heterocycles. The van der Waals surface area contributed by atoms with Crippen molar-refractivity contribution in [1.82, 2.24) is 0 Å². The first-order chi connectivity index (χ1) is 31.7. The molecule has 0 saturated heterocycles. The molecule has 0 saturated carbocycles. The molecular formula is C59H114O6. The summed E-state index contributed by atoms with van der Waals surface area (Å²) in [5.74, 6) is 0.804. The van der Waals surface area contributed by atoms with Gasteiger partial charge in [-0.05, 0) is 31.1 Å². The number of carbonyl (C=O) groups is 3. The average Bonchev–Trinajstić information content (AvgIpc) is 3.28. The molecule has 0 amide bonds. The maximum absolute atomic E-state index is 12.9. The fourth-order valence-electron chi connectivity index (χ4n) is 9.05. The van der Waals surface area contributed by atoms with E-state index in [-0.39, 0.29) is 31.1 Å². The van der Waals surface area contributed by atoms with Crippen LogP contribution in [-0.2, 0) is 28.6 Å². The summed E-state index contributed by atoms with van der Waals surface area (Å²) in [7, 11) is 0. The summed E-state index contributed by atoms with van der Waals surface area (Å²) in [5, 5.41) is 0. The molecule has 0 aromatic heterocycles. The lowest BCUT2D eigenvalue weighted by Crippen LogP contribution is -2.30. The Labute approximate surface area is 406 Å². The van der Waals surface area contributed by atoms with Gasteiger partial charge in [0.2, 0.25) is 0 Å². The van der Waals surface area contributed by atoms with Crippen molar-refractivity contribution in [2.75, 3.05) is 13.2 Å². The van der Waals surface area contributed by atoms with Crippen molar-refractivity contribution in [1.29, 1.82) is 0 Å². The largest absolute Gasteiger partial charge is 0.462 e. The van der Waals surface area contributed by atoms with Gasteiger partial charge in [0.05, 0.1) is 0 Å². The molecule has 0 radical (unpaired) electrons. The van der Waals surface area contributed by atoms with E-state index in [2.05, 4.69) is 34.6 Å². The SMILES string of the molecule is CCCCCCCCCCCCCCCCCCCCC(=O)O[C@@H](COC(=O)CCCCCCCCCCCCCCCCCC(C)C)COC(=O)CCCCCCCCCCC(C)C. The van der Waals surface area contributed by atoms with Gasteiger partial charge >= 0.3 is 17.9 Å². The van der Waals surface area contributed by atoms with Crippen LogP contribution in [0.5, 0.6) is 0 Å². The van der Waals surface area contributed by atoms with Gasteiger partial charge in [0.1, 0.15) is 13.2 Å². The quantitative estimate of drug-likeness (QED) is 0.0344. The standard InChI is InChI=1S/C59H114O6/c1-6-7-8-9-10-11-12-13-14-15-16-19-23-26-29-36-41-46-51-59(62)65-56(53-64-58(61)50-45-40-35-31-30-33-38-43-48-55(4)5)52-63-57(60)49-44-39-34-28-25-22-20-17-18-21-24-27-32-37-42-47-54(2)3/h54-56H,6-53H2,1-5H3/t56-/m0/s1. The number of esters is 3. The van der Waals surface area contributed by atoms with Crippen LogP contribution in [0, 0.1) is 11.8 Å². The van der Waals surface area contributed by atoms with E-state index in [4.69, 9.17) is 14.2 Å². The van der Waals surface area contributed by atoms with Crippen molar-refractivity contribution in [3.63, 3.8) is 0 Å². The predicted molar refractivity (Wildman–Crippen MR) is 280 cm³/mol. The van der Waals surface area contributed by atoms with Gasteiger partial charge in [-0.2, -0.15) is 0 Å². The Morgan fingerprint density at radius 1 is 0.292 bits per heavy atom. The highest BCUT2D eigenvalue weighted by molar-refractivity contribution is 5.71. The molecule has 0 aromatic carbocycles.